The Morgan fingerprint density at radius 1 is 0.417 bits per heavy atom. The Morgan fingerprint density at radius 2 is 0.900 bits per heavy atom. The molecule has 3 heteroatoms. The van der Waals surface area contributed by atoms with Gasteiger partial charge >= 0.3 is 0 Å². The van der Waals surface area contributed by atoms with Crippen LogP contribution in [0.1, 0.15) is 29.5 Å². The molecule has 0 saturated carbocycles. The second-order valence-electron chi connectivity index (χ2n) is 16.0. The third-order valence-corrected chi connectivity index (χ3v) is 12.5. The van der Waals surface area contributed by atoms with E-state index < -0.39 is 0 Å². The van der Waals surface area contributed by atoms with Crippen LogP contribution in [0, 0.1) is 6.92 Å². The average Bonchev–Trinajstić information content (AvgIpc) is 3.83. The predicted molar refractivity (Wildman–Crippen MR) is 254 cm³/mol. The molecular weight excluding hydrogens is 727 g/mol. The highest BCUT2D eigenvalue weighted by Gasteiger charge is 2.21. The predicted octanol–water partition coefficient (Wildman–Crippen LogP) is 15.0. The Balaban J connectivity index is 0.958. The van der Waals surface area contributed by atoms with E-state index in [2.05, 4.69) is 227 Å². The fourth-order valence-corrected chi connectivity index (χ4v) is 9.62. The van der Waals surface area contributed by atoms with Crippen molar-refractivity contribution in [1.29, 1.82) is 0 Å². The van der Waals surface area contributed by atoms with Crippen LogP contribution in [0.2, 0.25) is 0 Å². The molecule has 2 aromatic heterocycles. The summed E-state index contributed by atoms with van der Waals surface area (Å²) in [5, 5.41) is 5.14. The molecule has 1 aliphatic carbocycles. The zero-order valence-electron chi connectivity index (χ0n) is 33.8. The van der Waals surface area contributed by atoms with Gasteiger partial charge in [-0.15, -0.1) is 0 Å². The Bertz CT molecular complexity index is 3160. The summed E-state index contributed by atoms with van der Waals surface area (Å²) in [5.74, 6) is 0. The summed E-state index contributed by atoms with van der Waals surface area (Å²) in [5.41, 5.74) is 17.7. The molecule has 1 aliphatic rings. The van der Waals surface area contributed by atoms with E-state index in [-0.39, 0.29) is 0 Å². The molecule has 2 heterocycles. The van der Waals surface area contributed by atoms with E-state index in [1.54, 1.807) is 0 Å². The Kier molecular flexibility index (Phi) is 9.01. The number of rotatable bonds is 9. The second kappa shape index (κ2) is 15.1. The van der Waals surface area contributed by atoms with Crippen LogP contribution in [0.3, 0.4) is 0 Å². The first-order chi connectivity index (χ1) is 29.7. The van der Waals surface area contributed by atoms with Gasteiger partial charge in [-0.05, 0) is 133 Å². The van der Waals surface area contributed by atoms with Gasteiger partial charge in [0, 0.05) is 50.0 Å². The van der Waals surface area contributed by atoms with E-state index >= 15 is 0 Å². The average molecular weight is 772 g/mol. The Morgan fingerprint density at radius 3 is 1.45 bits per heavy atom. The zero-order chi connectivity index (χ0) is 40.0. The maximum absolute atomic E-state index is 2.47. The van der Waals surface area contributed by atoms with Gasteiger partial charge in [0.25, 0.3) is 0 Å². The van der Waals surface area contributed by atoms with Gasteiger partial charge in [-0.2, -0.15) is 0 Å². The minimum absolute atomic E-state index is 0.915. The number of allylic oxidation sites excluding steroid dienone is 4. The van der Waals surface area contributed by atoms with Crippen molar-refractivity contribution in [2.75, 3.05) is 4.90 Å². The highest BCUT2D eigenvalue weighted by atomic mass is 15.2. The quantitative estimate of drug-likeness (QED) is 0.142. The van der Waals surface area contributed by atoms with Gasteiger partial charge in [0.15, 0.2) is 0 Å². The van der Waals surface area contributed by atoms with E-state index in [1.807, 2.05) is 0 Å². The molecule has 3 nitrogen and oxygen atoms in total. The normalized spacial score (nSPS) is 12.9. The van der Waals surface area contributed by atoms with Crippen LogP contribution in [0.5, 0.6) is 0 Å². The molecule has 10 aromatic rings. The molecule has 0 amide bonds. The molecule has 0 fully saturated rings. The van der Waals surface area contributed by atoms with Gasteiger partial charge in [-0.1, -0.05) is 133 Å². The molecule has 0 N–H and O–H groups in total. The molecule has 288 valence electrons. The van der Waals surface area contributed by atoms with Gasteiger partial charge in [0.1, 0.15) is 0 Å². The standard InChI is InChI=1S/C57H45N3/c1-40-14-2-4-16-48(40)49-17-5-3-15-42(49)29-26-41-27-30-43(31-28-41)58(44-32-36-46(37-33-44)59-54-22-10-6-18-50(54)51-19-7-11-23-55(51)59)45-34-38-47(39-35-45)60-56-24-12-8-20-52(56)53-21-9-13-25-57(53)60/h2-25,27-28,30-34,36-38H,26,29,35,39H2,1H3. The maximum atomic E-state index is 2.47. The smallest absolute Gasteiger partial charge is 0.0541 e. The van der Waals surface area contributed by atoms with Crippen LogP contribution >= 0.6 is 0 Å². The van der Waals surface area contributed by atoms with Crippen LogP contribution in [0.4, 0.5) is 11.4 Å². The molecule has 0 radical (unpaired) electrons. The van der Waals surface area contributed by atoms with Crippen LogP contribution < -0.4 is 4.90 Å². The highest BCUT2D eigenvalue weighted by molar-refractivity contribution is 6.10. The monoisotopic (exact) mass is 771 g/mol. The summed E-state index contributed by atoms with van der Waals surface area (Å²) in [7, 11) is 0. The largest absolute Gasteiger partial charge is 0.314 e. The molecule has 0 bridgehead atoms. The number of aromatic nitrogens is 2. The first-order valence-corrected chi connectivity index (χ1v) is 21.2. The van der Waals surface area contributed by atoms with Crippen molar-refractivity contribution in [3.8, 4) is 16.8 Å². The van der Waals surface area contributed by atoms with E-state index in [9.17, 15) is 0 Å². The van der Waals surface area contributed by atoms with Gasteiger partial charge in [0.2, 0.25) is 0 Å². The van der Waals surface area contributed by atoms with Crippen molar-refractivity contribution in [3.05, 3.63) is 229 Å². The third kappa shape index (κ3) is 6.22. The third-order valence-electron chi connectivity index (χ3n) is 12.5. The number of nitrogens with zero attached hydrogens (tertiary/aromatic N) is 3. The lowest BCUT2D eigenvalue weighted by Crippen LogP contribution is -2.18. The lowest BCUT2D eigenvalue weighted by atomic mass is 9.93. The van der Waals surface area contributed by atoms with Crippen molar-refractivity contribution in [3.63, 3.8) is 0 Å². The zero-order valence-corrected chi connectivity index (χ0v) is 33.8. The number of benzene rings is 8. The van der Waals surface area contributed by atoms with Crippen molar-refractivity contribution in [2.45, 2.75) is 32.6 Å². The van der Waals surface area contributed by atoms with Crippen LogP contribution in [-0.2, 0) is 12.8 Å². The first-order valence-electron chi connectivity index (χ1n) is 21.2. The Labute approximate surface area is 351 Å². The number of aryl methyl sites for hydroxylation is 3. The molecule has 8 aromatic carbocycles. The van der Waals surface area contributed by atoms with Crippen molar-refractivity contribution >= 4 is 60.7 Å². The maximum Gasteiger partial charge on any atom is 0.0541 e. The molecule has 11 rings (SSSR count). The van der Waals surface area contributed by atoms with Crippen LogP contribution in [-0.4, -0.2) is 9.13 Å². The van der Waals surface area contributed by atoms with Crippen LogP contribution in [0.25, 0.3) is 66.1 Å². The molecule has 0 unspecified atom stereocenters. The molecule has 0 saturated heterocycles. The first kappa shape index (κ1) is 35.8. The van der Waals surface area contributed by atoms with E-state index in [1.165, 1.54) is 88.5 Å². The van der Waals surface area contributed by atoms with Crippen molar-refractivity contribution < 1.29 is 0 Å². The molecular formula is C57H45N3. The molecule has 0 atom stereocenters. The molecule has 0 aliphatic heterocycles. The Hall–Kier alpha value is -7.36. The van der Waals surface area contributed by atoms with Gasteiger partial charge < -0.3 is 14.0 Å². The van der Waals surface area contributed by atoms with E-state index in [0.29, 0.717) is 0 Å². The highest BCUT2D eigenvalue weighted by Crippen LogP contribution is 2.40. The lowest BCUT2D eigenvalue weighted by Gasteiger charge is -2.30. The van der Waals surface area contributed by atoms with Gasteiger partial charge in [-0.25, -0.2) is 0 Å². The number of anilines is 2. The topological polar surface area (TPSA) is 13.1 Å². The minimum atomic E-state index is 0.915. The summed E-state index contributed by atoms with van der Waals surface area (Å²) in [6.07, 6.45) is 8.50. The van der Waals surface area contributed by atoms with Crippen molar-refractivity contribution in [1.82, 2.24) is 9.13 Å². The number of para-hydroxylation sites is 4. The number of fused-ring (bicyclic) bond motifs is 6. The fraction of sp³-hybridized carbons (Fsp3) is 0.0877. The minimum Gasteiger partial charge on any atom is -0.314 e. The summed E-state index contributed by atoms with van der Waals surface area (Å²) in [4.78, 5) is 2.46. The van der Waals surface area contributed by atoms with Gasteiger partial charge in [0.05, 0.1) is 22.1 Å². The van der Waals surface area contributed by atoms with Crippen LogP contribution in [0.15, 0.2) is 212 Å². The fourth-order valence-electron chi connectivity index (χ4n) is 9.62. The van der Waals surface area contributed by atoms with Crippen molar-refractivity contribution in [2.24, 2.45) is 0 Å². The van der Waals surface area contributed by atoms with E-state index in [0.717, 1.165) is 37.1 Å². The molecule has 60 heavy (non-hydrogen) atoms. The molecule has 0 spiro atoms. The lowest BCUT2D eigenvalue weighted by molar-refractivity contribution is 0.894. The van der Waals surface area contributed by atoms with Gasteiger partial charge in [-0.3, -0.25) is 0 Å². The summed E-state index contributed by atoms with van der Waals surface area (Å²) >= 11 is 0. The number of hydrogen-bond donors (Lipinski definition) is 0. The number of hydrogen-bond acceptors (Lipinski definition) is 1. The summed E-state index contributed by atoms with van der Waals surface area (Å²) in [6, 6.07) is 71.1. The SMILES string of the molecule is Cc1ccccc1-c1ccccc1CCc1ccc(N(C2=CC=C(n3c4ccccc4c4ccccc43)CC2)c2ccc(-n3c4ccccc4c4ccccc43)cc2)cc1. The summed E-state index contributed by atoms with van der Waals surface area (Å²) in [6.45, 7) is 2.21. The summed E-state index contributed by atoms with van der Waals surface area (Å²) < 4.78 is 4.86. The second-order valence-corrected chi connectivity index (χ2v) is 16.0. The van der Waals surface area contributed by atoms with E-state index in [4.69, 9.17) is 0 Å².